The van der Waals surface area contributed by atoms with Crippen molar-refractivity contribution in [1.82, 2.24) is 0 Å². The van der Waals surface area contributed by atoms with Gasteiger partial charge in [-0.2, -0.15) is 0 Å². The lowest BCUT2D eigenvalue weighted by molar-refractivity contribution is -0.721. The number of rotatable bonds is 0. The van der Waals surface area contributed by atoms with Gasteiger partial charge in [-0.1, -0.05) is 0 Å². The lowest BCUT2D eigenvalue weighted by Crippen LogP contribution is -3.46. The van der Waals surface area contributed by atoms with Crippen LogP contribution in [0.3, 0.4) is 0 Å². The Kier molecular flexibility index (Phi) is 0.748. The molecule has 0 amide bonds. The van der Waals surface area contributed by atoms with Gasteiger partial charge in [0.25, 0.3) is 0 Å². The minimum Gasteiger partial charge on any atom is -0.234 e. The second-order valence-electron chi connectivity index (χ2n) is 5.27. The Morgan fingerprint density at radius 2 is 0.562 bits per heavy atom. The summed E-state index contributed by atoms with van der Waals surface area (Å²) < 4.78 is 83.2. The van der Waals surface area contributed by atoms with Gasteiger partial charge >= 0.3 is 0 Å². The summed E-state index contributed by atoms with van der Waals surface area (Å²) >= 11 is 10.5. The van der Waals surface area contributed by atoms with E-state index >= 15 is 0 Å². The first-order valence-electron chi connectivity index (χ1n) is 4.51. The van der Waals surface area contributed by atoms with E-state index in [2.05, 4.69) is 0 Å². The lowest BCUT2D eigenvalue weighted by atomic mass is 8.93. The molecule has 88 valence electrons. The molecule has 0 bridgehead atoms. The smallest absolute Gasteiger partial charge is 0.214 e. The minimum atomic E-state index is -3.55. The van der Waals surface area contributed by atoms with Crippen LogP contribution in [0.2, 0.25) is 0 Å². The maximum absolute atomic E-state index is 13.9. The molecule has 8 heteroatoms. The maximum Gasteiger partial charge on any atom is 0.214 e. The first-order chi connectivity index (χ1) is 7.00. The van der Waals surface area contributed by atoms with Crippen LogP contribution >= 0.6 is 23.2 Å². The molecule has 0 radical (unpaired) electrons. The maximum atomic E-state index is 13.9. The van der Waals surface area contributed by atoms with Crippen molar-refractivity contribution >= 4 is 23.2 Å². The zero-order chi connectivity index (χ0) is 12.0. The van der Waals surface area contributed by atoms with Gasteiger partial charge < -0.3 is 0 Å². The second-order valence-corrected chi connectivity index (χ2v) is 6.40. The molecule has 0 aromatic heterocycles. The van der Waals surface area contributed by atoms with Crippen molar-refractivity contribution in [2.75, 3.05) is 0 Å². The Bertz CT molecular complexity index is 339. The molecule has 0 unspecified atom stereocenters. The molecular formula is C8Cl2F6. The van der Waals surface area contributed by atoms with Crippen LogP contribution in [-0.2, 0) is 0 Å². The molecule has 0 heterocycles. The molecule has 6 fully saturated rings. The van der Waals surface area contributed by atoms with Crippen LogP contribution in [0.1, 0.15) is 0 Å². The van der Waals surface area contributed by atoms with Gasteiger partial charge in [0.15, 0.2) is 9.75 Å². The van der Waals surface area contributed by atoms with Gasteiger partial charge in [0.1, 0.15) is 0 Å². The normalized spacial score (nSPS) is 97.5. The van der Waals surface area contributed by atoms with Crippen LogP contribution in [0.25, 0.3) is 0 Å². The predicted octanol–water partition coefficient (Wildman–Crippen LogP) is 2.26. The Labute approximate surface area is 93.9 Å². The third-order valence-corrected chi connectivity index (χ3v) is 7.26. The van der Waals surface area contributed by atoms with E-state index in [0.717, 1.165) is 0 Å². The van der Waals surface area contributed by atoms with E-state index in [9.17, 15) is 26.3 Å². The Balaban J connectivity index is 1.95. The summed E-state index contributed by atoms with van der Waals surface area (Å²) in [5.41, 5.74) is -21.3. The quantitative estimate of drug-likeness (QED) is 0.472. The van der Waals surface area contributed by atoms with E-state index in [4.69, 9.17) is 23.2 Å². The zero-order valence-electron chi connectivity index (χ0n) is 7.02. The van der Waals surface area contributed by atoms with Crippen molar-refractivity contribution in [3.63, 3.8) is 0 Å². The fourth-order valence-electron chi connectivity index (χ4n) is 5.32. The molecule has 0 saturated heterocycles. The van der Waals surface area contributed by atoms with Crippen LogP contribution < -0.4 is 0 Å². The van der Waals surface area contributed by atoms with E-state index in [0.29, 0.717) is 0 Å². The fourth-order valence-corrected chi connectivity index (χ4v) is 6.88. The molecule has 0 spiro atoms. The molecule has 6 saturated carbocycles. The van der Waals surface area contributed by atoms with Crippen molar-refractivity contribution < 1.29 is 26.3 Å². The van der Waals surface area contributed by atoms with Crippen molar-refractivity contribution in [1.29, 1.82) is 0 Å². The van der Waals surface area contributed by atoms with Gasteiger partial charge in [-0.05, 0) is 0 Å². The average Bonchev–Trinajstić information content (AvgIpc) is 2.27. The van der Waals surface area contributed by atoms with Crippen molar-refractivity contribution in [3.05, 3.63) is 0 Å². The third kappa shape index (κ3) is 0.210. The SMILES string of the molecule is FC12C3(F)C4(F)C5(F)C(F)(C1(F)C35Cl)C24Cl. The van der Waals surface area contributed by atoms with Gasteiger partial charge in [0.05, 0.1) is 0 Å². The minimum absolute atomic E-state index is 3.10. The molecule has 6 rings (SSSR count). The highest BCUT2D eigenvalue weighted by Crippen LogP contribution is 3.18. The molecule has 0 aliphatic heterocycles. The Morgan fingerprint density at radius 1 is 0.438 bits per heavy atom. The highest BCUT2D eigenvalue weighted by molar-refractivity contribution is 6.44. The predicted molar refractivity (Wildman–Crippen MR) is 40.2 cm³/mol. The average molecular weight is 281 g/mol. The topological polar surface area (TPSA) is 0 Å². The monoisotopic (exact) mass is 280 g/mol. The Hall–Kier alpha value is 0.160. The van der Waals surface area contributed by atoms with E-state index < -0.39 is 43.8 Å². The summed E-state index contributed by atoms with van der Waals surface area (Å²) in [6, 6.07) is 0. The molecule has 0 aromatic carbocycles. The van der Waals surface area contributed by atoms with Gasteiger partial charge in [-0.25, -0.2) is 26.3 Å². The van der Waals surface area contributed by atoms with Crippen molar-refractivity contribution in [2.24, 2.45) is 0 Å². The van der Waals surface area contributed by atoms with Crippen molar-refractivity contribution in [3.8, 4) is 0 Å². The van der Waals surface area contributed by atoms with Gasteiger partial charge in [0, 0.05) is 0 Å². The standard InChI is InChI=1S/C8Cl2F6/c9-1-3(11)6(14)2(10)7(3,15)5(1,13)8(2,16)4(1,6)12. The molecule has 0 nitrogen and oxygen atoms in total. The van der Waals surface area contributed by atoms with Gasteiger partial charge in [-0.15, -0.1) is 23.2 Å². The van der Waals surface area contributed by atoms with Gasteiger partial charge in [0.2, 0.25) is 34.0 Å². The first kappa shape index (κ1) is 9.14. The summed E-state index contributed by atoms with van der Waals surface area (Å²) in [6.07, 6.45) is 0. The third-order valence-electron chi connectivity index (χ3n) is 5.70. The number of hydrogen-bond acceptors (Lipinski definition) is 0. The highest BCUT2D eigenvalue weighted by atomic mass is 35.5. The van der Waals surface area contributed by atoms with E-state index in [1.54, 1.807) is 0 Å². The van der Waals surface area contributed by atoms with E-state index in [1.807, 2.05) is 0 Å². The molecule has 0 aromatic rings. The van der Waals surface area contributed by atoms with Gasteiger partial charge in [-0.3, -0.25) is 0 Å². The highest BCUT2D eigenvalue weighted by Gasteiger charge is 3.48. The summed E-state index contributed by atoms with van der Waals surface area (Å²) in [7, 11) is 0. The van der Waals surface area contributed by atoms with Crippen LogP contribution in [0.5, 0.6) is 0 Å². The first-order valence-corrected chi connectivity index (χ1v) is 5.27. The molecule has 6 aliphatic rings. The summed E-state index contributed by atoms with van der Waals surface area (Å²) in [5, 5.41) is 0. The Morgan fingerprint density at radius 3 is 0.688 bits per heavy atom. The second kappa shape index (κ2) is 1.31. The number of hydrogen-bond donors (Lipinski definition) is 0. The fraction of sp³-hybridized carbons (Fsp3) is 1.00. The zero-order valence-corrected chi connectivity index (χ0v) is 8.54. The van der Waals surface area contributed by atoms with Crippen molar-refractivity contribution in [2.45, 2.75) is 43.8 Å². The molecule has 16 heavy (non-hydrogen) atoms. The number of halogens is 8. The lowest BCUT2D eigenvalue weighted by Gasteiger charge is -3.14. The summed E-state index contributed by atoms with van der Waals surface area (Å²) in [4.78, 5) is -6.19. The largest absolute Gasteiger partial charge is 0.234 e. The molecule has 0 atom stereocenters. The van der Waals surface area contributed by atoms with E-state index in [1.165, 1.54) is 0 Å². The van der Waals surface area contributed by atoms with Crippen LogP contribution in [0, 0.1) is 0 Å². The number of alkyl halides is 8. The van der Waals surface area contributed by atoms with E-state index in [-0.39, 0.29) is 0 Å². The molecule has 0 N–H and O–H groups in total. The summed E-state index contributed by atoms with van der Waals surface area (Å²) in [5.74, 6) is 0. The summed E-state index contributed by atoms with van der Waals surface area (Å²) in [6.45, 7) is 0. The molecule has 6 aliphatic carbocycles. The molecular weight excluding hydrogens is 281 g/mol. The van der Waals surface area contributed by atoms with Crippen LogP contribution in [0.4, 0.5) is 26.3 Å². The van der Waals surface area contributed by atoms with Crippen LogP contribution in [-0.4, -0.2) is 43.8 Å². The van der Waals surface area contributed by atoms with Crippen LogP contribution in [0.15, 0.2) is 0 Å².